The molecule has 200 valence electrons. The van der Waals surface area contributed by atoms with Gasteiger partial charge in [0.25, 0.3) is 5.91 Å². The Morgan fingerprint density at radius 3 is 2.19 bits per heavy atom. The number of hydrogen-bond acceptors (Lipinski definition) is 8. The number of hydrogen-bond donors (Lipinski definition) is 7. The summed E-state index contributed by atoms with van der Waals surface area (Å²) in [6.45, 7) is -0.459. The molecule has 0 spiro atoms. The van der Waals surface area contributed by atoms with Gasteiger partial charge in [-0.3, -0.25) is 19.2 Å². The fourth-order valence-electron chi connectivity index (χ4n) is 2.07. The van der Waals surface area contributed by atoms with Gasteiger partial charge in [0.2, 0.25) is 5.91 Å². The van der Waals surface area contributed by atoms with E-state index in [9.17, 15) is 24.3 Å². The second-order valence-electron chi connectivity index (χ2n) is 6.54. The van der Waals surface area contributed by atoms with Crippen LogP contribution in [-0.2, 0) is 42.8 Å². The molecule has 0 unspecified atom stereocenters. The van der Waals surface area contributed by atoms with Crippen molar-refractivity contribution in [2.45, 2.75) is 31.7 Å². The summed E-state index contributed by atoms with van der Waals surface area (Å²) in [4.78, 5) is 45.3. The van der Waals surface area contributed by atoms with E-state index in [1.165, 1.54) is 5.41 Å². The third kappa shape index (κ3) is 15.7. The van der Waals surface area contributed by atoms with Gasteiger partial charge in [-0.25, -0.2) is 0 Å². The largest absolute Gasteiger partial charge is 0.999 e. The summed E-state index contributed by atoms with van der Waals surface area (Å²) in [6, 6.07) is 21.3. The zero-order chi connectivity index (χ0) is 26.1. The first-order chi connectivity index (χ1) is 16.7. The number of thioether (sulfide) groups is 1. The summed E-state index contributed by atoms with van der Waals surface area (Å²) in [5.41, 5.74) is 5.76. The van der Waals surface area contributed by atoms with E-state index in [0.717, 1.165) is 11.8 Å². The minimum atomic E-state index is -1.32. The Bertz CT molecular complexity index is 919. The van der Waals surface area contributed by atoms with Crippen LogP contribution in [0.3, 0.4) is 0 Å². The van der Waals surface area contributed by atoms with Crippen molar-refractivity contribution in [2.24, 2.45) is 5.73 Å². The standard InChI is InChI=1S/C18H21N4O7S.C5H.Fe/c19-12(18(28)29)5-6-14(23)22-13(17(27)21-8-16(25)26)9-30-10-15(24)20-7-11-3-1-2-4-11;1-2-4-5-3-1;/h9,12,14,22-23H,5-8,10,19H2,(H,20,24)(H,21,27)(H,25,26)(H,28,29);1H;/q2*-5;/b13-9-;;/t12-,14-;;/m0../s1. The number of carboxylic acid groups (broad SMARTS) is 2. The molecule has 0 aliphatic rings. The van der Waals surface area contributed by atoms with Crippen LogP contribution in [0.2, 0.25) is 0 Å². The Morgan fingerprint density at radius 1 is 1.03 bits per heavy atom. The predicted molar refractivity (Wildman–Crippen MR) is 122 cm³/mol. The number of carbonyl (C=O) groups excluding carboxylic acids is 2. The molecule has 0 saturated carbocycles. The predicted octanol–water partition coefficient (Wildman–Crippen LogP) is -1.30. The first kappa shape index (κ1) is 32.9. The van der Waals surface area contributed by atoms with E-state index in [1.54, 1.807) is 6.07 Å². The third-order valence-corrected chi connectivity index (χ3v) is 4.58. The zero-order valence-electron chi connectivity index (χ0n) is 18.7. The van der Waals surface area contributed by atoms with Gasteiger partial charge >= 0.3 is 11.9 Å². The molecule has 8 N–H and O–H groups in total. The molecule has 36 heavy (non-hydrogen) atoms. The summed E-state index contributed by atoms with van der Waals surface area (Å²) in [6.07, 6.45) is -1.46. The molecule has 2 aromatic carbocycles. The number of aliphatic carboxylic acids is 2. The molecule has 0 heterocycles. The van der Waals surface area contributed by atoms with Crippen molar-refractivity contribution in [3.63, 3.8) is 0 Å². The normalized spacial score (nSPS) is 12.1. The molecular weight excluding hydrogens is 532 g/mol. The van der Waals surface area contributed by atoms with E-state index < -0.39 is 36.7 Å². The van der Waals surface area contributed by atoms with Crippen LogP contribution in [0.15, 0.2) is 17.2 Å². The van der Waals surface area contributed by atoms with Gasteiger partial charge in [0.05, 0.1) is 5.75 Å². The average Bonchev–Trinajstić information content (AvgIpc) is 3.56. The smallest absolute Gasteiger partial charge is 0.322 e. The maximum absolute atomic E-state index is 12.1. The minimum absolute atomic E-state index is 0. The Balaban J connectivity index is 0.00000181. The second-order valence-corrected chi connectivity index (χ2v) is 7.40. The molecule has 11 nitrogen and oxygen atoms in total. The molecule has 0 aromatic heterocycles. The molecule has 2 rings (SSSR count). The van der Waals surface area contributed by atoms with Crippen molar-refractivity contribution in [1.29, 1.82) is 0 Å². The molecule has 2 atom stereocenters. The van der Waals surface area contributed by atoms with E-state index in [4.69, 9.17) is 15.9 Å². The topological polar surface area (TPSA) is 191 Å². The van der Waals surface area contributed by atoms with Crippen LogP contribution < -0.4 is 21.7 Å². The number of amides is 2. The van der Waals surface area contributed by atoms with Crippen LogP contribution in [-0.4, -0.2) is 63.6 Å². The number of aliphatic hydroxyl groups is 1. The maximum Gasteiger partial charge on any atom is 0.322 e. The SMILES string of the molecule is N[C@@H](CC[C@H](O)N/C(=C\SCC(=O)NC[c-]1[c-][c-][c-][c-]1)C(=O)NCC(=O)O)C(=O)O.[Fe].[c-]1[c-][c-][cH-][c-]1. The van der Waals surface area contributed by atoms with E-state index in [-0.39, 0.29) is 53.8 Å². The van der Waals surface area contributed by atoms with Gasteiger partial charge < -0.3 is 97.2 Å². The Morgan fingerprint density at radius 2 is 1.67 bits per heavy atom. The van der Waals surface area contributed by atoms with Gasteiger partial charge in [-0.15, -0.1) is 18.3 Å². The van der Waals surface area contributed by atoms with Crippen LogP contribution in [0.5, 0.6) is 0 Å². The second kappa shape index (κ2) is 19.1. The minimum Gasteiger partial charge on any atom is -0.999 e. The quantitative estimate of drug-likeness (QED) is 0.0640. The molecule has 2 aromatic rings. The monoisotopic (exact) mass is 554 g/mol. The molecular formula is C23H22FeN4O7S-10. The Hall–Kier alpha value is -3.09. The van der Waals surface area contributed by atoms with Crippen molar-refractivity contribution >= 4 is 35.5 Å². The molecule has 0 aliphatic carbocycles. The molecule has 0 saturated heterocycles. The van der Waals surface area contributed by atoms with E-state index >= 15 is 0 Å². The van der Waals surface area contributed by atoms with Crippen LogP contribution in [0.4, 0.5) is 0 Å². The first-order valence-corrected chi connectivity index (χ1v) is 11.0. The average molecular weight is 554 g/mol. The summed E-state index contributed by atoms with van der Waals surface area (Å²) in [5.74, 6) is -3.73. The number of nitrogens with two attached hydrogens (primary N) is 1. The number of rotatable bonds is 14. The molecule has 0 fully saturated rings. The fourth-order valence-corrected chi connectivity index (χ4v) is 2.75. The molecule has 0 bridgehead atoms. The summed E-state index contributed by atoms with van der Waals surface area (Å²) < 4.78 is 0. The number of nitrogens with one attached hydrogen (secondary N) is 3. The van der Waals surface area contributed by atoms with Crippen molar-refractivity contribution < 1.29 is 51.6 Å². The van der Waals surface area contributed by atoms with Crippen molar-refractivity contribution in [3.05, 3.63) is 71.3 Å². The summed E-state index contributed by atoms with van der Waals surface area (Å²) in [7, 11) is 0. The van der Waals surface area contributed by atoms with Gasteiger partial charge in [0.15, 0.2) is 0 Å². The van der Waals surface area contributed by atoms with Crippen LogP contribution in [0.1, 0.15) is 18.4 Å². The molecule has 0 radical (unpaired) electrons. The van der Waals surface area contributed by atoms with E-state index in [0.29, 0.717) is 5.56 Å². The van der Waals surface area contributed by atoms with Crippen molar-refractivity contribution in [3.8, 4) is 0 Å². The molecule has 2 amide bonds. The zero-order valence-corrected chi connectivity index (χ0v) is 20.6. The summed E-state index contributed by atoms with van der Waals surface area (Å²) >= 11 is 0.930. The number of carboxylic acids is 2. The number of aliphatic hydroxyl groups excluding tert-OH is 1. The molecule has 13 heteroatoms. The van der Waals surface area contributed by atoms with E-state index in [2.05, 4.69) is 64.5 Å². The Labute approximate surface area is 223 Å². The van der Waals surface area contributed by atoms with Crippen LogP contribution in [0.25, 0.3) is 0 Å². The van der Waals surface area contributed by atoms with Gasteiger partial charge in [-0.05, 0) is 12.8 Å². The maximum atomic E-state index is 12.1. The van der Waals surface area contributed by atoms with Gasteiger partial charge in [-0.2, -0.15) is 0 Å². The van der Waals surface area contributed by atoms with Crippen LogP contribution >= 0.6 is 11.8 Å². The first-order valence-electron chi connectivity index (χ1n) is 9.91. The third-order valence-electron chi connectivity index (χ3n) is 3.75. The van der Waals surface area contributed by atoms with Crippen molar-refractivity contribution in [1.82, 2.24) is 16.0 Å². The molecule has 0 aliphatic heterocycles. The number of carbonyl (C=O) groups is 4. The van der Waals surface area contributed by atoms with Crippen molar-refractivity contribution in [2.75, 3.05) is 12.3 Å². The van der Waals surface area contributed by atoms with Crippen LogP contribution in [0, 0.1) is 48.5 Å². The van der Waals surface area contributed by atoms with E-state index in [1.807, 2.05) is 0 Å². The van der Waals surface area contributed by atoms with Gasteiger partial charge in [0.1, 0.15) is 24.5 Å². The Kier molecular flexibility index (Phi) is 17.5. The summed E-state index contributed by atoms with van der Waals surface area (Å²) in [5, 5.41) is 35.8. The fraction of sp³-hybridized carbons (Fsp3) is 0.304. The van der Waals surface area contributed by atoms with Gasteiger partial charge in [-0.1, -0.05) is 0 Å². The van der Waals surface area contributed by atoms with Gasteiger partial charge in [0, 0.05) is 22.5 Å².